The fraction of sp³-hybridized carbons (Fsp3) is 0.300. The highest BCUT2D eigenvalue weighted by atomic mass is 79.9. The van der Waals surface area contributed by atoms with E-state index in [0.29, 0.717) is 0 Å². The van der Waals surface area contributed by atoms with E-state index in [4.69, 9.17) is 0 Å². The Labute approximate surface area is 115 Å². The Kier molecular flexibility index (Phi) is 4.50. The van der Waals surface area contributed by atoms with Crippen molar-refractivity contribution in [2.75, 3.05) is 6.61 Å². The lowest BCUT2D eigenvalue weighted by molar-refractivity contribution is -0.104. The Morgan fingerprint density at radius 3 is 2.72 bits per heavy atom. The first-order valence-corrected chi connectivity index (χ1v) is 5.45. The monoisotopic (exact) mass is 345 g/mol. The number of ether oxygens (including phenoxy) is 1. The molecule has 1 atom stereocenters. The van der Waals surface area contributed by atoms with Crippen molar-refractivity contribution in [1.29, 1.82) is 0 Å². The second-order valence-electron chi connectivity index (χ2n) is 3.58. The standard InChI is InChI=1S/C10H7BrF3NO2.ClH/c11-7-3-5(12)1-2-6(7)8-10(13,14)4-17-9(16)15-8;/h1-3,8H,4H2,(H,15,16);1H/t8-;/m1./s1. The van der Waals surface area contributed by atoms with Crippen LogP contribution in [0.5, 0.6) is 0 Å². The first kappa shape index (κ1) is 15.1. The zero-order valence-electron chi connectivity index (χ0n) is 8.75. The molecule has 0 saturated carbocycles. The van der Waals surface area contributed by atoms with Gasteiger partial charge in [-0.05, 0) is 17.7 Å². The van der Waals surface area contributed by atoms with Gasteiger partial charge < -0.3 is 10.1 Å². The summed E-state index contributed by atoms with van der Waals surface area (Å²) in [6.45, 7) is -0.993. The second kappa shape index (κ2) is 5.36. The molecule has 1 aliphatic heterocycles. The number of hydrogen-bond donors (Lipinski definition) is 1. The number of nitrogens with one attached hydrogen (secondary N) is 1. The molecule has 0 unspecified atom stereocenters. The predicted octanol–water partition coefficient (Wildman–Crippen LogP) is 3.43. The maximum atomic E-state index is 13.6. The predicted molar refractivity (Wildman–Crippen MR) is 63.5 cm³/mol. The summed E-state index contributed by atoms with van der Waals surface area (Å²) in [7, 11) is 0. The Balaban J connectivity index is 0.00000162. The molecule has 0 aromatic heterocycles. The summed E-state index contributed by atoms with van der Waals surface area (Å²) in [4.78, 5) is 11.0. The summed E-state index contributed by atoms with van der Waals surface area (Å²) in [5.74, 6) is -3.80. The van der Waals surface area contributed by atoms with E-state index in [1.165, 1.54) is 6.07 Å². The van der Waals surface area contributed by atoms with Gasteiger partial charge in [-0.2, -0.15) is 0 Å². The minimum absolute atomic E-state index is 0. The molecule has 8 heteroatoms. The quantitative estimate of drug-likeness (QED) is 0.846. The van der Waals surface area contributed by atoms with E-state index in [9.17, 15) is 18.0 Å². The first-order chi connectivity index (χ1) is 7.90. The first-order valence-electron chi connectivity index (χ1n) is 4.66. The molecule has 1 saturated heterocycles. The minimum Gasteiger partial charge on any atom is -0.443 e. The van der Waals surface area contributed by atoms with Crippen LogP contribution in [0.2, 0.25) is 0 Å². The molecule has 3 nitrogen and oxygen atoms in total. The van der Waals surface area contributed by atoms with Gasteiger partial charge >= 0.3 is 12.0 Å². The number of amides is 1. The van der Waals surface area contributed by atoms with Crippen LogP contribution < -0.4 is 5.32 Å². The molecule has 2 rings (SSSR count). The normalized spacial score (nSPS) is 21.6. The number of alkyl halides is 2. The fourth-order valence-corrected chi connectivity index (χ4v) is 2.13. The number of carbonyl (C=O) groups is 1. The van der Waals surface area contributed by atoms with Gasteiger partial charge in [-0.1, -0.05) is 22.0 Å². The molecule has 1 N–H and O–H groups in total. The van der Waals surface area contributed by atoms with Crippen molar-refractivity contribution in [3.63, 3.8) is 0 Å². The van der Waals surface area contributed by atoms with Gasteiger partial charge in [0.05, 0.1) is 0 Å². The maximum absolute atomic E-state index is 13.6. The highest BCUT2D eigenvalue weighted by molar-refractivity contribution is 9.10. The summed E-state index contributed by atoms with van der Waals surface area (Å²) in [5.41, 5.74) is 0.105. The maximum Gasteiger partial charge on any atom is 0.408 e. The molecule has 1 aromatic carbocycles. The molecule has 18 heavy (non-hydrogen) atoms. The van der Waals surface area contributed by atoms with Crippen LogP contribution in [0.15, 0.2) is 22.7 Å². The molecule has 1 aliphatic rings. The minimum atomic E-state index is -3.24. The number of halogens is 5. The van der Waals surface area contributed by atoms with Crippen molar-refractivity contribution in [2.24, 2.45) is 0 Å². The Morgan fingerprint density at radius 2 is 2.11 bits per heavy atom. The molecular weight excluding hydrogens is 338 g/mol. The van der Waals surface area contributed by atoms with Gasteiger partial charge in [0.25, 0.3) is 0 Å². The van der Waals surface area contributed by atoms with Crippen LogP contribution in [0, 0.1) is 5.82 Å². The molecule has 0 bridgehead atoms. The van der Waals surface area contributed by atoms with Gasteiger partial charge in [0, 0.05) is 4.47 Å². The summed E-state index contributed by atoms with van der Waals surface area (Å²) in [6.07, 6.45) is -0.919. The van der Waals surface area contributed by atoms with E-state index in [-0.39, 0.29) is 22.4 Å². The van der Waals surface area contributed by atoms with Gasteiger partial charge in [-0.3, -0.25) is 0 Å². The van der Waals surface area contributed by atoms with Crippen LogP contribution in [0.3, 0.4) is 0 Å². The number of hydrogen-bond acceptors (Lipinski definition) is 2. The number of cyclic esters (lactones) is 1. The molecule has 1 fully saturated rings. The summed E-state index contributed by atoms with van der Waals surface area (Å²) in [6, 6.07) is 1.78. The third-order valence-electron chi connectivity index (χ3n) is 2.35. The smallest absolute Gasteiger partial charge is 0.408 e. The van der Waals surface area contributed by atoms with Gasteiger partial charge in [-0.15, -0.1) is 12.4 Å². The molecule has 1 amide bonds. The summed E-state index contributed by atoms with van der Waals surface area (Å²) >= 11 is 2.99. The van der Waals surface area contributed by atoms with Crippen molar-refractivity contribution in [2.45, 2.75) is 12.0 Å². The van der Waals surface area contributed by atoms with Gasteiger partial charge in [0.1, 0.15) is 11.9 Å². The highest BCUT2D eigenvalue weighted by Gasteiger charge is 2.47. The molecule has 0 radical (unpaired) electrons. The summed E-state index contributed by atoms with van der Waals surface area (Å²) < 4.78 is 44.4. The average molecular weight is 347 g/mol. The van der Waals surface area contributed by atoms with Crippen LogP contribution in [0.1, 0.15) is 11.6 Å². The number of alkyl carbamates (subject to hydrolysis) is 1. The lowest BCUT2D eigenvalue weighted by Crippen LogP contribution is -2.49. The third-order valence-corrected chi connectivity index (χ3v) is 3.04. The van der Waals surface area contributed by atoms with E-state index in [1.54, 1.807) is 0 Å². The second-order valence-corrected chi connectivity index (χ2v) is 4.43. The van der Waals surface area contributed by atoms with Crippen LogP contribution >= 0.6 is 28.3 Å². The lowest BCUT2D eigenvalue weighted by atomic mass is 10.0. The summed E-state index contributed by atoms with van der Waals surface area (Å²) in [5, 5.41) is 2.02. The Morgan fingerprint density at radius 1 is 1.44 bits per heavy atom. The van der Waals surface area contributed by atoms with E-state index in [1.807, 2.05) is 5.32 Å². The van der Waals surface area contributed by atoms with Crippen molar-refractivity contribution in [1.82, 2.24) is 5.32 Å². The van der Waals surface area contributed by atoms with E-state index in [0.717, 1.165) is 12.1 Å². The molecule has 1 heterocycles. The Hall–Kier alpha value is -0.950. The van der Waals surface area contributed by atoms with Crippen LogP contribution in [-0.2, 0) is 4.74 Å². The SMILES string of the molecule is Cl.O=C1N[C@H](c2ccc(F)cc2Br)C(F)(F)CO1. The molecule has 1 aromatic rings. The van der Waals surface area contributed by atoms with Gasteiger partial charge in [0.15, 0.2) is 6.61 Å². The van der Waals surface area contributed by atoms with Crippen molar-refractivity contribution < 1.29 is 22.7 Å². The van der Waals surface area contributed by atoms with E-state index < -0.39 is 30.5 Å². The molecular formula is C10H8BrClF3NO2. The van der Waals surface area contributed by atoms with Crippen molar-refractivity contribution in [3.8, 4) is 0 Å². The van der Waals surface area contributed by atoms with E-state index in [2.05, 4.69) is 20.7 Å². The number of rotatable bonds is 1. The van der Waals surface area contributed by atoms with Crippen LogP contribution in [0.4, 0.5) is 18.0 Å². The van der Waals surface area contributed by atoms with Crippen molar-refractivity contribution >= 4 is 34.4 Å². The number of carbonyl (C=O) groups excluding carboxylic acids is 1. The molecule has 0 aliphatic carbocycles. The number of benzene rings is 1. The average Bonchev–Trinajstić information content (AvgIpc) is 2.23. The van der Waals surface area contributed by atoms with Gasteiger partial charge in [-0.25, -0.2) is 18.0 Å². The largest absolute Gasteiger partial charge is 0.443 e. The zero-order chi connectivity index (χ0) is 12.6. The van der Waals surface area contributed by atoms with Crippen LogP contribution in [0.25, 0.3) is 0 Å². The lowest BCUT2D eigenvalue weighted by Gasteiger charge is -2.32. The molecule has 100 valence electrons. The highest BCUT2D eigenvalue weighted by Crippen LogP contribution is 2.37. The Bertz CT molecular complexity index is 472. The van der Waals surface area contributed by atoms with Crippen molar-refractivity contribution in [3.05, 3.63) is 34.1 Å². The third kappa shape index (κ3) is 2.89. The molecule has 0 spiro atoms. The van der Waals surface area contributed by atoms with Gasteiger partial charge in [0.2, 0.25) is 0 Å². The topological polar surface area (TPSA) is 38.3 Å². The zero-order valence-corrected chi connectivity index (χ0v) is 11.2. The fourth-order valence-electron chi connectivity index (χ4n) is 1.55. The van der Waals surface area contributed by atoms with E-state index >= 15 is 0 Å². The van der Waals surface area contributed by atoms with Crippen LogP contribution in [-0.4, -0.2) is 18.6 Å².